The molecule has 0 fully saturated rings. The number of aromatic nitrogens is 3. The third-order valence-electron chi connectivity index (χ3n) is 4.87. The average molecular weight is 505 g/mol. The van der Waals surface area contributed by atoms with Gasteiger partial charge in [0.1, 0.15) is 17.1 Å². The van der Waals surface area contributed by atoms with Gasteiger partial charge in [-0.15, -0.1) is 0 Å². The van der Waals surface area contributed by atoms with E-state index >= 15 is 0 Å². The van der Waals surface area contributed by atoms with Gasteiger partial charge in [0.2, 0.25) is 0 Å². The van der Waals surface area contributed by atoms with Gasteiger partial charge in [-0.25, -0.2) is 13.9 Å². The van der Waals surface area contributed by atoms with E-state index in [0.717, 1.165) is 12.3 Å². The van der Waals surface area contributed by atoms with Crippen LogP contribution in [0.1, 0.15) is 28.5 Å². The highest BCUT2D eigenvalue weighted by Gasteiger charge is 2.42. The van der Waals surface area contributed by atoms with Crippen molar-refractivity contribution in [3.63, 3.8) is 0 Å². The molecule has 0 amide bonds. The van der Waals surface area contributed by atoms with Gasteiger partial charge in [-0.2, -0.15) is 23.5 Å². The molecule has 12 heteroatoms. The first-order chi connectivity index (χ1) is 16.7. The number of ether oxygens (including phenoxy) is 1. The minimum absolute atomic E-state index is 0.0582. The van der Waals surface area contributed by atoms with E-state index in [9.17, 15) is 22.4 Å². The summed E-state index contributed by atoms with van der Waals surface area (Å²) in [6.45, 7) is 1.36. The zero-order valence-electron chi connectivity index (χ0n) is 17.7. The molecule has 2 aromatic carbocycles. The van der Waals surface area contributed by atoms with E-state index in [0.29, 0.717) is 4.68 Å². The molecule has 0 spiro atoms. The Morgan fingerprint density at radius 2 is 2.00 bits per heavy atom. The van der Waals surface area contributed by atoms with Crippen LogP contribution in [0.4, 0.5) is 17.6 Å². The summed E-state index contributed by atoms with van der Waals surface area (Å²) in [5, 5.41) is 16.5. The summed E-state index contributed by atoms with van der Waals surface area (Å²) in [5.41, 5.74) is -3.21. The Hall–Kier alpha value is -4.17. The van der Waals surface area contributed by atoms with E-state index in [1.165, 1.54) is 43.3 Å². The molecule has 0 bridgehead atoms. The summed E-state index contributed by atoms with van der Waals surface area (Å²) < 4.78 is 68.1. The van der Waals surface area contributed by atoms with Crippen LogP contribution in [0.2, 0.25) is 5.02 Å². The third-order valence-corrected chi connectivity index (χ3v) is 5.19. The Balaban J connectivity index is 2.01. The number of benzene rings is 2. The molecule has 0 radical (unpaired) electrons. The average Bonchev–Trinajstić information content (AvgIpc) is 3.44. The fourth-order valence-corrected chi connectivity index (χ4v) is 3.70. The normalized spacial score (nSPS) is 11.3. The van der Waals surface area contributed by atoms with Crippen LogP contribution in [0, 0.1) is 17.1 Å². The van der Waals surface area contributed by atoms with Crippen LogP contribution in [0.25, 0.3) is 28.3 Å². The number of halogens is 5. The molecule has 7 nitrogen and oxygen atoms in total. The highest BCUT2D eigenvalue weighted by Crippen LogP contribution is 2.43. The molecule has 35 heavy (non-hydrogen) atoms. The Kier molecular flexibility index (Phi) is 6.32. The molecule has 2 aromatic heterocycles. The SMILES string of the molecule is CCOC(=O)c1c(-c2c(F)cccc2Cl)noc1-c1cnn(-c2cccc(C#N)c2)c1C(F)(F)F. The van der Waals surface area contributed by atoms with Crippen LogP contribution in [0.3, 0.4) is 0 Å². The largest absolute Gasteiger partial charge is 0.462 e. The smallest absolute Gasteiger partial charge is 0.434 e. The van der Waals surface area contributed by atoms with Crippen LogP contribution in [0.15, 0.2) is 53.2 Å². The number of carbonyl (C=O) groups excluding carboxylic acids is 1. The van der Waals surface area contributed by atoms with Gasteiger partial charge < -0.3 is 9.26 Å². The maximum atomic E-state index is 14.6. The molecular weight excluding hydrogens is 492 g/mol. The second kappa shape index (κ2) is 9.23. The van der Waals surface area contributed by atoms with E-state index in [-0.39, 0.29) is 28.4 Å². The number of alkyl halides is 3. The van der Waals surface area contributed by atoms with Gasteiger partial charge in [-0.1, -0.05) is 28.9 Å². The van der Waals surface area contributed by atoms with Crippen LogP contribution in [0.5, 0.6) is 0 Å². The summed E-state index contributed by atoms with van der Waals surface area (Å²) in [4.78, 5) is 12.8. The summed E-state index contributed by atoms with van der Waals surface area (Å²) in [7, 11) is 0. The quantitative estimate of drug-likeness (QED) is 0.242. The van der Waals surface area contributed by atoms with Crippen molar-refractivity contribution >= 4 is 17.6 Å². The van der Waals surface area contributed by atoms with Crippen molar-refractivity contribution in [3.05, 3.63) is 76.3 Å². The maximum Gasteiger partial charge on any atom is 0.434 e. The fourth-order valence-electron chi connectivity index (χ4n) is 3.45. The van der Waals surface area contributed by atoms with Crippen molar-refractivity contribution in [2.24, 2.45) is 0 Å². The predicted octanol–water partition coefficient (Wildman–Crippen LogP) is 6.05. The van der Waals surface area contributed by atoms with E-state index in [1.807, 2.05) is 6.07 Å². The number of hydrogen-bond acceptors (Lipinski definition) is 6. The lowest BCUT2D eigenvalue weighted by atomic mass is 10.0. The minimum atomic E-state index is -4.98. The zero-order valence-corrected chi connectivity index (χ0v) is 18.5. The van der Waals surface area contributed by atoms with Gasteiger partial charge in [0.15, 0.2) is 11.5 Å². The zero-order chi connectivity index (χ0) is 25.3. The molecule has 0 saturated heterocycles. The van der Waals surface area contributed by atoms with E-state index < -0.39 is 46.2 Å². The number of rotatable bonds is 5. The summed E-state index contributed by atoms with van der Waals surface area (Å²) in [6.07, 6.45) is -4.15. The first-order valence-electron chi connectivity index (χ1n) is 9.94. The highest BCUT2D eigenvalue weighted by atomic mass is 35.5. The van der Waals surface area contributed by atoms with Gasteiger partial charge in [-0.3, -0.25) is 0 Å². The first kappa shape index (κ1) is 24.0. The Morgan fingerprint density at radius 1 is 1.26 bits per heavy atom. The number of esters is 1. The van der Waals surface area contributed by atoms with E-state index in [4.69, 9.17) is 26.1 Å². The maximum absolute atomic E-state index is 14.6. The van der Waals surface area contributed by atoms with Gasteiger partial charge in [0, 0.05) is 0 Å². The van der Waals surface area contributed by atoms with Gasteiger partial charge in [0.05, 0.1) is 46.3 Å². The molecule has 178 valence electrons. The van der Waals surface area contributed by atoms with Crippen LogP contribution >= 0.6 is 11.6 Å². The second-order valence-electron chi connectivity index (χ2n) is 7.03. The Labute approximate surface area is 200 Å². The van der Waals surface area contributed by atoms with Gasteiger partial charge in [-0.05, 0) is 37.3 Å². The summed E-state index contributed by atoms with van der Waals surface area (Å²) >= 11 is 6.09. The topological polar surface area (TPSA) is 93.9 Å². The lowest BCUT2D eigenvalue weighted by Crippen LogP contribution is -2.15. The lowest BCUT2D eigenvalue weighted by Gasteiger charge is -2.12. The highest BCUT2D eigenvalue weighted by molar-refractivity contribution is 6.33. The molecule has 0 aliphatic carbocycles. The summed E-state index contributed by atoms with van der Waals surface area (Å²) in [5.74, 6) is -2.60. The number of hydrogen-bond donors (Lipinski definition) is 0. The molecule has 0 aliphatic heterocycles. The standard InChI is InChI=1S/C23H13ClF4N4O3/c1-2-34-22(33)18-19(17-15(24)7-4-8-16(17)25)31-35-20(18)14-11-30-32(21(14)23(26,27)28)13-6-3-5-12(9-13)10-29/h3-9,11H,2H2,1H3. The van der Waals surface area contributed by atoms with Crippen LogP contribution in [-0.2, 0) is 10.9 Å². The second-order valence-corrected chi connectivity index (χ2v) is 7.44. The van der Waals surface area contributed by atoms with Crippen LogP contribution in [-0.4, -0.2) is 27.5 Å². The first-order valence-corrected chi connectivity index (χ1v) is 10.3. The van der Waals surface area contributed by atoms with E-state index in [2.05, 4.69) is 10.3 Å². The van der Waals surface area contributed by atoms with E-state index in [1.54, 1.807) is 0 Å². The summed E-state index contributed by atoms with van der Waals surface area (Å²) in [6, 6.07) is 10.9. The van der Waals surface area contributed by atoms with Crippen molar-refractivity contribution in [2.75, 3.05) is 6.61 Å². The Bertz CT molecular complexity index is 1450. The molecule has 2 heterocycles. The number of carbonyl (C=O) groups is 1. The predicted molar refractivity (Wildman–Crippen MR) is 115 cm³/mol. The molecule has 4 rings (SSSR count). The molecular formula is C23H13ClF4N4O3. The Morgan fingerprint density at radius 3 is 2.66 bits per heavy atom. The van der Waals surface area contributed by atoms with Crippen molar-refractivity contribution in [1.29, 1.82) is 5.26 Å². The molecule has 0 aliphatic rings. The van der Waals surface area contributed by atoms with Gasteiger partial charge in [0.25, 0.3) is 0 Å². The molecule has 0 N–H and O–H groups in total. The van der Waals surface area contributed by atoms with Crippen LogP contribution < -0.4 is 0 Å². The molecule has 4 aromatic rings. The lowest BCUT2D eigenvalue weighted by molar-refractivity contribution is -0.142. The van der Waals surface area contributed by atoms with Crippen molar-refractivity contribution < 1.29 is 31.6 Å². The monoisotopic (exact) mass is 504 g/mol. The molecule has 0 saturated carbocycles. The van der Waals surface area contributed by atoms with Crippen molar-refractivity contribution in [1.82, 2.24) is 14.9 Å². The third kappa shape index (κ3) is 4.36. The minimum Gasteiger partial charge on any atom is -0.462 e. The fraction of sp³-hybridized carbons (Fsp3) is 0.130. The molecule has 0 unspecified atom stereocenters. The number of nitrogens with zero attached hydrogens (tertiary/aromatic N) is 4. The van der Waals surface area contributed by atoms with Crippen molar-refractivity contribution in [2.45, 2.75) is 13.1 Å². The van der Waals surface area contributed by atoms with Crippen molar-refractivity contribution in [3.8, 4) is 34.3 Å². The van der Waals surface area contributed by atoms with Gasteiger partial charge >= 0.3 is 12.1 Å². The number of nitriles is 1. The molecule has 0 atom stereocenters.